The maximum atomic E-state index is 12.8. The molecular formula is C13H12ClFO. The van der Waals surface area contributed by atoms with E-state index < -0.39 is 0 Å². The van der Waals surface area contributed by atoms with Crippen molar-refractivity contribution >= 4 is 11.6 Å². The van der Waals surface area contributed by atoms with Gasteiger partial charge >= 0.3 is 0 Å². The second-order valence-electron chi connectivity index (χ2n) is 3.74. The lowest BCUT2D eigenvalue weighted by molar-refractivity contribution is 0.562. The van der Waals surface area contributed by atoms with Gasteiger partial charge in [-0.15, -0.1) is 11.6 Å². The fraction of sp³-hybridized carbons (Fsp3) is 0.231. The number of hydrogen-bond donors (Lipinski definition) is 0. The largest absolute Gasteiger partial charge is 0.472 e. The van der Waals surface area contributed by atoms with Gasteiger partial charge in [0.25, 0.3) is 0 Å². The summed E-state index contributed by atoms with van der Waals surface area (Å²) >= 11 is 5.93. The number of alkyl halides is 1. The van der Waals surface area contributed by atoms with Crippen LogP contribution in [0, 0.1) is 5.82 Å². The predicted molar refractivity (Wildman–Crippen MR) is 62.3 cm³/mol. The average Bonchev–Trinajstić information content (AvgIpc) is 2.80. The summed E-state index contributed by atoms with van der Waals surface area (Å²) in [5, 5.41) is 0. The van der Waals surface area contributed by atoms with Crippen LogP contribution in [0.25, 0.3) is 0 Å². The van der Waals surface area contributed by atoms with Gasteiger partial charge in [-0.3, -0.25) is 0 Å². The third-order valence-corrected chi connectivity index (χ3v) is 2.96. The Balaban J connectivity index is 2.13. The van der Waals surface area contributed by atoms with Gasteiger partial charge in [0.15, 0.2) is 0 Å². The highest BCUT2D eigenvalue weighted by atomic mass is 35.5. The molecule has 0 saturated heterocycles. The van der Waals surface area contributed by atoms with Crippen LogP contribution < -0.4 is 0 Å². The van der Waals surface area contributed by atoms with Gasteiger partial charge in [0.1, 0.15) is 5.82 Å². The van der Waals surface area contributed by atoms with Crippen LogP contribution in [0.5, 0.6) is 0 Å². The Hall–Kier alpha value is -1.28. The molecule has 1 aromatic carbocycles. The van der Waals surface area contributed by atoms with E-state index in [1.165, 1.54) is 12.1 Å². The zero-order valence-corrected chi connectivity index (χ0v) is 9.45. The molecule has 1 unspecified atom stereocenters. The number of benzene rings is 1. The molecule has 1 nitrogen and oxygen atoms in total. The lowest BCUT2D eigenvalue weighted by Gasteiger charge is -2.12. The maximum absolute atomic E-state index is 12.8. The Morgan fingerprint density at radius 3 is 2.50 bits per heavy atom. The topological polar surface area (TPSA) is 13.1 Å². The summed E-state index contributed by atoms with van der Waals surface area (Å²) in [5.74, 6) is 0.483. The third kappa shape index (κ3) is 2.64. The third-order valence-electron chi connectivity index (χ3n) is 2.59. The first kappa shape index (κ1) is 11.2. The quantitative estimate of drug-likeness (QED) is 0.735. The summed E-state index contributed by atoms with van der Waals surface area (Å²) < 4.78 is 17.8. The Morgan fingerprint density at radius 1 is 1.19 bits per heavy atom. The van der Waals surface area contributed by atoms with Gasteiger partial charge in [-0.25, -0.2) is 4.39 Å². The van der Waals surface area contributed by atoms with E-state index in [2.05, 4.69) is 0 Å². The second-order valence-corrected chi connectivity index (χ2v) is 4.05. The van der Waals surface area contributed by atoms with Gasteiger partial charge in [-0.2, -0.15) is 0 Å². The Bertz CT molecular complexity index is 422. The van der Waals surface area contributed by atoms with Crippen LogP contribution in [0.3, 0.4) is 0 Å². The van der Waals surface area contributed by atoms with Gasteiger partial charge in [-0.05, 0) is 35.7 Å². The molecule has 2 aromatic rings. The molecule has 2 rings (SSSR count). The second kappa shape index (κ2) is 5.17. The molecule has 0 radical (unpaired) electrons. The van der Waals surface area contributed by atoms with Crippen molar-refractivity contribution in [1.29, 1.82) is 0 Å². The SMILES string of the molecule is Fc1ccc(C(CCl)Cc2ccoc2)cc1. The molecule has 0 spiro atoms. The van der Waals surface area contributed by atoms with E-state index in [1.54, 1.807) is 24.7 Å². The monoisotopic (exact) mass is 238 g/mol. The van der Waals surface area contributed by atoms with Crippen LogP contribution in [0.2, 0.25) is 0 Å². The Labute approximate surface area is 98.8 Å². The Morgan fingerprint density at radius 2 is 1.94 bits per heavy atom. The van der Waals surface area contributed by atoms with Gasteiger partial charge in [0.05, 0.1) is 12.5 Å². The van der Waals surface area contributed by atoms with E-state index in [9.17, 15) is 4.39 Å². The van der Waals surface area contributed by atoms with Crippen LogP contribution in [-0.4, -0.2) is 5.88 Å². The molecule has 1 heterocycles. The molecule has 3 heteroatoms. The molecule has 84 valence electrons. The standard InChI is InChI=1S/C13H12ClFO/c14-8-12(7-10-5-6-16-9-10)11-1-3-13(15)4-2-11/h1-6,9,12H,7-8H2. The van der Waals surface area contributed by atoms with Crippen molar-refractivity contribution < 1.29 is 8.81 Å². The van der Waals surface area contributed by atoms with E-state index >= 15 is 0 Å². The minimum absolute atomic E-state index is 0.194. The normalized spacial score (nSPS) is 12.6. The highest BCUT2D eigenvalue weighted by Crippen LogP contribution is 2.22. The summed E-state index contributed by atoms with van der Waals surface area (Å²) in [6.45, 7) is 0. The molecule has 16 heavy (non-hydrogen) atoms. The fourth-order valence-corrected chi connectivity index (χ4v) is 1.98. The van der Waals surface area contributed by atoms with E-state index in [-0.39, 0.29) is 11.7 Å². The zero-order valence-electron chi connectivity index (χ0n) is 8.70. The predicted octanol–water partition coefficient (Wildman–Crippen LogP) is 3.98. The summed E-state index contributed by atoms with van der Waals surface area (Å²) in [6, 6.07) is 8.41. The summed E-state index contributed by atoms with van der Waals surface area (Å²) in [4.78, 5) is 0. The molecule has 0 amide bonds. The first-order valence-corrected chi connectivity index (χ1v) is 5.65. The molecule has 1 atom stereocenters. The smallest absolute Gasteiger partial charge is 0.123 e. The molecular weight excluding hydrogens is 227 g/mol. The van der Waals surface area contributed by atoms with E-state index in [4.69, 9.17) is 16.0 Å². The highest BCUT2D eigenvalue weighted by Gasteiger charge is 2.11. The van der Waals surface area contributed by atoms with Gasteiger partial charge < -0.3 is 4.42 Å². The van der Waals surface area contributed by atoms with Crippen molar-refractivity contribution in [2.24, 2.45) is 0 Å². The number of hydrogen-bond acceptors (Lipinski definition) is 1. The molecule has 0 N–H and O–H groups in total. The summed E-state index contributed by atoms with van der Waals surface area (Å²) in [5.41, 5.74) is 2.16. The van der Waals surface area contributed by atoms with Crippen molar-refractivity contribution in [3.63, 3.8) is 0 Å². The van der Waals surface area contributed by atoms with Crippen LogP contribution >= 0.6 is 11.6 Å². The number of halogens is 2. The van der Waals surface area contributed by atoms with Crippen molar-refractivity contribution in [2.45, 2.75) is 12.3 Å². The molecule has 1 aromatic heterocycles. The van der Waals surface area contributed by atoms with Crippen LogP contribution in [-0.2, 0) is 6.42 Å². The lowest BCUT2D eigenvalue weighted by atomic mass is 9.95. The minimum Gasteiger partial charge on any atom is -0.472 e. The molecule has 0 aliphatic carbocycles. The van der Waals surface area contributed by atoms with Crippen LogP contribution in [0.1, 0.15) is 17.0 Å². The molecule has 0 aliphatic heterocycles. The highest BCUT2D eigenvalue weighted by molar-refractivity contribution is 6.18. The Kier molecular flexibility index (Phi) is 3.62. The van der Waals surface area contributed by atoms with Gasteiger partial charge in [0, 0.05) is 11.8 Å². The van der Waals surface area contributed by atoms with Crippen LogP contribution in [0.15, 0.2) is 47.3 Å². The molecule has 0 bridgehead atoms. The first-order chi connectivity index (χ1) is 7.79. The molecule has 0 saturated carbocycles. The van der Waals surface area contributed by atoms with Crippen molar-refractivity contribution in [1.82, 2.24) is 0 Å². The van der Waals surface area contributed by atoms with E-state index in [0.717, 1.165) is 17.5 Å². The maximum Gasteiger partial charge on any atom is 0.123 e. The van der Waals surface area contributed by atoms with Crippen molar-refractivity contribution in [3.05, 3.63) is 59.8 Å². The zero-order chi connectivity index (χ0) is 11.4. The van der Waals surface area contributed by atoms with E-state index in [0.29, 0.717) is 5.88 Å². The van der Waals surface area contributed by atoms with Crippen LogP contribution in [0.4, 0.5) is 4.39 Å². The molecule has 0 aliphatic rings. The average molecular weight is 239 g/mol. The van der Waals surface area contributed by atoms with Crippen molar-refractivity contribution in [3.8, 4) is 0 Å². The van der Waals surface area contributed by atoms with Gasteiger partial charge in [-0.1, -0.05) is 12.1 Å². The minimum atomic E-state index is -0.222. The fourth-order valence-electron chi connectivity index (χ4n) is 1.69. The number of furan rings is 1. The summed E-state index contributed by atoms with van der Waals surface area (Å²) in [7, 11) is 0. The summed E-state index contributed by atoms with van der Waals surface area (Å²) in [6.07, 6.45) is 4.17. The van der Waals surface area contributed by atoms with Gasteiger partial charge in [0.2, 0.25) is 0 Å². The van der Waals surface area contributed by atoms with Crippen molar-refractivity contribution in [2.75, 3.05) is 5.88 Å². The lowest BCUT2D eigenvalue weighted by Crippen LogP contribution is -2.04. The van der Waals surface area contributed by atoms with E-state index in [1.807, 2.05) is 6.07 Å². The first-order valence-electron chi connectivity index (χ1n) is 5.12. The number of rotatable bonds is 4. The molecule has 0 fully saturated rings.